The van der Waals surface area contributed by atoms with Crippen molar-refractivity contribution < 1.29 is 4.79 Å². The lowest BCUT2D eigenvalue weighted by molar-refractivity contribution is -0.135. The summed E-state index contributed by atoms with van der Waals surface area (Å²) in [4.78, 5) is 13.6. The molecule has 0 aromatic rings. The Morgan fingerprint density at radius 1 is 1.67 bits per heavy atom. The Labute approximate surface area is 92.4 Å². The van der Waals surface area contributed by atoms with E-state index in [1.165, 1.54) is 0 Å². The second kappa shape index (κ2) is 3.95. The Bertz CT molecular complexity index is 287. The molecule has 1 aliphatic heterocycles. The molecule has 1 aliphatic rings. The molecule has 0 aromatic carbocycles. The van der Waals surface area contributed by atoms with Gasteiger partial charge in [-0.05, 0) is 33.6 Å². The summed E-state index contributed by atoms with van der Waals surface area (Å²) in [5.74, 6) is 1.04. The fraction of sp³-hybridized carbons (Fsp3) is 0.833. The van der Waals surface area contributed by atoms with Crippen LogP contribution in [0.4, 0.5) is 0 Å². The van der Waals surface area contributed by atoms with Crippen molar-refractivity contribution in [1.29, 1.82) is 5.41 Å². The topological polar surface area (TPSA) is 44.2 Å². The maximum Gasteiger partial charge on any atom is 0.155 e. The quantitative estimate of drug-likeness (QED) is 0.574. The standard InChI is InChI=1S/C12H22N2O/c1-6-8(2)11(13)14-9(3)7-12(14,5)10(4)15/h8-9,13H,6-7H2,1-5H3. The largest absolute Gasteiger partial charge is 0.345 e. The van der Waals surface area contributed by atoms with Gasteiger partial charge >= 0.3 is 0 Å². The third kappa shape index (κ3) is 1.80. The van der Waals surface area contributed by atoms with E-state index in [9.17, 15) is 4.79 Å². The van der Waals surface area contributed by atoms with Crippen LogP contribution in [-0.4, -0.2) is 28.1 Å². The predicted octanol–water partition coefficient (Wildman–Crippen LogP) is 2.45. The van der Waals surface area contributed by atoms with Crippen molar-refractivity contribution in [1.82, 2.24) is 4.90 Å². The predicted molar refractivity (Wildman–Crippen MR) is 62.2 cm³/mol. The molecule has 0 spiro atoms. The van der Waals surface area contributed by atoms with Gasteiger partial charge in [-0.3, -0.25) is 10.2 Å². The second-order valence-corrected chi connectivity index (χ2v) is 4.95. The zero-order valence-corrected chi connectivity index (χ0v) is 10.4. The highest BCUT2D eigenvalue weighted by Gasteiger charge is 2.51. The molecule has 1 heterocycles. The van der Waals surface area contributed by atoms with E-state index in [4.69, 9.17) is 5.41 Å². The number of nitrogens with zero attached hydrogens (tertiary/aromatic N) is 1. The second-order valence-electron chi connectivity index (χ2n) is 4.95. The maximum absolute atomic E-state index is 11.6. The van der Waals surface area contributed by atoms with Gasteiger partial charge in [-0.15, -0.1) is 0 Å². The summed E-state index contributed by atoms with van der Waals surface area (Å²) in [5, 5.41) is 8.10. The molecule has 1 N–H and O–H groups in total. The molecular formula is C12H22N2O. The number of ketones is 1. The highest BCUT2D eigenvalue weighted by atomic mass is 16.1. The van der Waals surface area contributed by atoms with Gasteiger partial charge in [0.1, 0.15) is 0 Å². The average Bonchev–Trinajstić information content (AvgIpc) is 2.15. The lowest BCUT2D eigenvalue weighted by Crippen LogP contribution is -2.69. The van der Waals surface area contributed by atoms with Gasteiger partial charge in [0.2, 0.25) is 0 Å². The molecular weight excluding hydrogens is 188 g/mol. The van der Waals surface area contributed by atoms with E-state index in [0.29, 0.717) is 11.9 Å². The van der Waals surface area contributed by atoms with Crippen LogP contribution in [-0.2, 0) is 4.79 Å². The number of Topliss-reactive ketones (excluding diaryl/α,β-unsaturated/α-hetero) is 1. The number of hydrogen-bond acceptors (Lipinski definition) is 2. The van der Waals surface area contributed by atoms with E-state index in [-0.39, 0.29) is 11.7 Å². The van der Waals surface area contributed by atoms with E-state index in [1.807, 2.05) is 18.7 Å². The van der Waals surface area contributed by atoms with Crippen LogP contribution < -0.4 is 0 Å². The number of rotatable bonds is 3. The Morgan fingerprint density at radius 3 is 2.53 bits per heavy atom. The SMILES string of the molecule is CCC(C)C(=N)N1C(C)CC1(C)C(C)=O. The van der Waals surface area contributed by atoms with Crippen LogP contribution >= 0.6 is 0 Å². The normalized spacial score (nSPS) is 32.1. The van der Waals surface area contributed by atoms with Crippen LogP contribution in [0.15, 0.2) is 0 Å². The lowest BCUT2D eigenvalue weighted by Gasteiger charge is -2.56. The number of nitrogens with one attached hydrogen (secondary N) is 1. The van der Waals surface area contributed by atoms with Crippen LogP contribution in [0.1, 0.15) is 47.5 Å². The van der Waals surface area contributed by atoms with Gasteiger partial charge in [-0.1, -0.05) is 13.8 Å². The van der Waals surface area contributed by atoms with Gasteiger partial charge in [-0.25, -0.2) is 0 Å². The third-order valence-electron chi connectivity index (χ3n) is 3.76. The van der Waals surface area contributed by atoms with Crippen molar-refractivity contribution in [3.05, 3.63) is 0 Å². The number of carbonyl (C=O) groups is 1. The van der Waals surface area contributed by atoms with Crippen LogP contribution in [0.3, 0.4) is 0 Å². The van der Waals surface area contributed by atoms with Gasteiger partial charge in [0.05, 0.1) is 11.4 Å². The summed E-state index contributed by atoms with van der Waals surface area (Å²) < 4.78 is 0. The van der Waals surface area contributed by atoms with E-state index in [0.717, 1.165) is 12.8 Å². The van der Waals surface area contributed by atoms with Crippen LogP contribution in [0.2, 0.25) is 0 Å². The van der Waals surface area contributed by atoms with Crippen LogP contribution in [0, 0.1) is 11.3 Å². The first-order chi connectivity index (χ1) is 6.84. The van der Waals surface area contributed by atoms with Crippen molar-refractivity contribution in [2.75, 3.05) is 0 Å². The molecule has 3 heteroatoms. The third-order valence-corrected chi connectivity index (χ3v) is 3.76. The summed E-state index contributed by atoms with van der Waals surface area (Å²) in [6.07, 6.45) is 1.83. The van der Waals surface area contributed by atoms with Gasteiger partial charge < -0.3 is 4.90 Å². The minimum Gasteiger partial charge on any atom is -0.345 e. The smallest absolute Gasteiger partial charge is 0.155 e. The molecule has 0 saturated carbocycles. The van der Waals surface area contributed by atoms with Gasteiger partial charge in [-0.2, -0.15) is 0 Å². The summed E-state index contributed by atoms with van der Waals surface area (Å²) in [7, 11) is 0. The molecule has 1 fully saturated rings. The molecule has 15 heavy (non-hydrogen) atoms. The number of carbonyl (C=O) groups excluding carboxylic acids is 1. The minimum absolute atomic E-state index is 0.175. The van der Waals surface area contributed by atoms with Crippen molar-refractivity contribution in [3.8, 4) is 0 Å². The highest BCUT2D eigenvalue weighted by molar-refractivity contribution is 5.94. The molecule has 3 nitrogen and oxygen atoms in total. The Morgan fingerprint density at radius 2 is 2.20 bits per heavy atom. The maximum atomic E-state index is 11.6. The van der Waals surface area contributed by atoms with E-state index in [1.54, 1.807) is 6.92 Å². The summed E-state index contributed by atoms with van der Waals surface area (Å²) in [6.45, 7) is 9.79. The summed E-state index contributed by atoms with van der Waals surface area (Å²) >= 11 is 0. The van der Waals surface area contributed by atoms with Crippen molar-refractivity contribution in [2.24, 2.45) is 5.92 Å². The first kappa shape index (κ1) is 12.2. The Balaban J connectivity index is 2.84. The van der Waals surface area contributed by atoms with Gasteiger partial charge in [0.25, 0.3) is 0 Å². The Hall–Kier alpha value is -0.860. The minimum atomic E-state index is -0.417. The fourth-order valence-electron chi connectivity index (χ4n) is 2.39. The van der Waals surface area contributed by atoms with E-state index < -0.39 is 5.54 Å². The zero-order chi connectivity index (χ0) is 11.8. The van der Waals surface area contributed by atoms with Crippen LogP contribution in [0.5, 0.6) is 0 Å². The van der Waals surface area contributed by atoms with Gasteiger partial charge in [0, 0.05) is 12.0 Å². The molecule has 0 amide bonds. The molecule has 0 bridgehead atoms. The first-order valence-electron chi connectivity index (χ1n) is 5.73. The molecule has 0 aromatic heterocycles. The molecule has 1 rings (SSSR count). The molecule has 3 atom stereocenters. The number of hydrogen-bond donors (Lipinski definition) is 1. The Kier molecular flexibility index (Phi) is 3.22. The van der Waals surface area contributed by atoms with Crippen LogP contribution in [0.25, 0.3) is 0 Å². The van der Waals surface area contributed by atoms with E-state index in [2.05, 4.69) is 13.8 Å². The summed E-state index contributed by atoms with van der Waals surface area (Å²) in [6, 6.07) is 0.334. The zero-order valence-electron chi connectivity index (χ0n) is 10.4. The average molecular weight is 210 g/mol. The fourth-order valence-corrected chi connectivity index (χ4v) is 2.39. The highest BCUT2D eigenvalue weighted by Crippen LogP contribution is 2.38. The van der Waals surface area contributed by atoms with Crippen molar-refractivity contribution >= 4 is 11.6 Å². The molecule has 3 unspecified atom stereocenters. The summed E-state index contributed by atoms with van der Waals surface area (Å²) in [5.41, 5.74) is -0.417. The first-order valence-corrected chi connectivity index (χ1v) is 5.73. The number of likely N-dealkylation sites (tertiary alicyclic amines) is 1. The monoisotopic (exact) mass is 210 g/mol. The van der Waals surface area contributed by atoms with Crippen molar-refractivity contribution in [2.45, 2.75) is 59.0 Å². The molecule has 86 valence electrons. The lowest BCUT2D eigenvalue weighted by atomic mass is 9.76. The molecule has 0 aliphatic carbocycles. The van der Waals surface area contributed by atoms with E-state index >= 15 is 0 Å². The van der Waals surface area contributed by atoms with Gasteiger partial charge in [0.15, 0.2) is 5.78 Å². The molecule has 1 saturated heterocycles. The van der Waals surface area contributed by atoms with Crippen molar-refractivity contribution in [3.63, 3.8) is 0 Å². The molecule has 0 radical (unpaired) electrons. The number of amidine groups is 1.